The highest BCUT2D eigenvalue weighted by Gasteiger charge is 2.03. The lowest BCUT2D eigenvalue weighted by atomic mass is 9.99. The Bertz CT molecular complexity index is 209. The third-order valence-electron chi connectivity index (χ3n) is 1.99. The van der Waals surface area contributed by atoms with E-state index in [0.717, 1.165) is 19.3 Å². The quantitative estimate of drug-likeness (QED) is 0.380. The van der Waals surface area contributed by atoms with Gasteiger partial charge in [-0.05, 0) is 32.1 Å². The molecule has 86 valence electrons. The van der Waals surface area contributed by atoms with Gasteiger partial charge in [0.1, 0.15) is 0 Å². The Morgan fingerprint density at radius 2 is 2.33 bits per heavy atom. The summed E-state index contributed by atoms with van der Waals surface area (Å²) in [5.41, 5.74) is 0. The molecule has 1 unspecified atom stereocenters. The summed E-state index contributed by atoms with van der Waals surface area (Å²) in [5, 5.41) is 8.70. The molecule has 0 fully saturated rings. The molecular formula is C12H20O3. The standard InChI is InChI=1S/C12H20O3/c1-3-6-11(7-5-10-13)8-9-12(14)15-4-2/h3,8-9,11,13H,1,4-7,10H2,2H3/b9-8+. The van der Waals surface area contributed by atoms with Crippen molar-refractivity contribution < 1.29 is 14.6 Å². The van der Waals surface area contributed by atoms with Gasteiger partial charge in [0, 0.05) is 12.7 Å². The van der Waals surface area contributed by atoms with Crippen LogP contribution >= 0.6 is 0 Å². The van der Waals surface area contributed by atoms with E-state index in [4.69, 9.17) is 9.84 Å². The van der Waals surface area contributed by atoms with Crippen LogP contribution < -0.4 is 0 Å². The molecule has 0 heterocycles. The Hall–Kier alpha value is -1.09. The first kappa shape index (κ1) is 13.9. The van der Waals surface area contributed by atoms with Crippen molar-refractivity contribution in [1.82, 2.24) is 0 Å². The number of aliphatic hydroxyl groups excluding tert-OH is 1. The molecule has 0 amide bonds. The third kappa shape index (κ3) is 7.94. The van der Waals surface area contributed by atoms with Crippen molar-refractivity contribution in [3.05, 3.63) is 24.8 Å². The molecule has 0 rings (SSSR count). The average Bonchev–Trinajstić information content (AvgIpc) is 2.22. The molecule has 0 aliphatic rings. The van der Waals surface area contributed by atoms with Gasteiger partial charge < -0.3 is 9.84 Å². The van der Waals surface area contributed by atoms with E-state index in [2.05, 4.69) is 6.58 Å². The fourth-order valence-corrected chi connectivity index (χ4v) is 1.27. The zero-order valence-corrected chi connectivity index (χ0v) is 9.32. The number of carbonyl (C=O) groups is 1. The van der Waals surface area contributed by atoms with E-state index in [9.17, 15) is 4.79 Å². The maximum atomic E-state index is 11.0. The van der Waals surface area contributed by atoms with E-state index in [1.54, 1.807) is 6.92 Å². The van der Waals surface area contributed by atoms with Crippen molar-refractivity contribution >= 4 is 5.97 Å². The zero-order chi connectivity index (χ0) is 11.5. The molecule has 15 heavy (non-hydrogen) atoms. The maximum Gasteiger partial charge on any atom is 0.330 e. The Morgan fingerprint density at radius 1 is 1.60 bits per heavy atom. The summed E-state index contributed by atoms with van der Waals surface area (Å²) in [6, 6.07) is 0. The Kier molecular flexibility index (Phi) is 8.78. The van der Waals surface area contributed by atoms with Crippen LogP contribution in [0.15, 0.2) is 24.8 Å². The topological polar surface area (TPSA) is 46.5 Å². The number of allylic oxidation sites excluding steroid dienone is 2. The van der Waals surface area contributed by atoms with Gasteiger partial charge in [0.05, 0.1) is 6.61 Å². The number of aliphatic hydroxyl groups is 1. The van der Waals surface area contributed by atoms with E-state index in [1.165, 1.54) is 6.08 Å². The molecule has 0 aromatic carbocycles. The highest BCUT2D eigenvalue weighted by molar-refractivity contribution is 5.81. The van der Waals surface area contributed by atoms with Crippen LogP contribution in [0, 0.1) is 5.92 Å². The van der Waals surface area contributed by atoms with Gasteiger partial charge in [-0.3, -0.25) is 0 Å². The molecule has 3 heteroatoms. The first-order chi connectivity index (χ1) is 7.24. The molecule has 0 spiro atoms. The van der Waals surface area contributed by atoms with Crippen molar-refractivity contribution in [2.75, 3.05) is 13.2 Å². The monoisotopic (exact) mass is 212 g/mol. The van der Waals surface area contributed by atoms with Gasteiger partial charge in [-0.15, -0.1) is 6.58 Å². The van der Waals surface area contributed by atoms with Crippen LogP contribution in [0.3, 0.4) is 0 Å². The lowest BCUT2D eigenvalue weighted by molar-refractivity contribution is -0.137. The molecular weight excluding hydrogens is 192 g/mol. The van der Waals surface area contributed by atoms with E-state index in [-0.39, 0.29) is 18.5 Å². The number of hydrogen-bond donors (Lipinski definition) is 1. The summed E-state index contributed by atoms with van der Waals surface area (Å²) in [5.74, 6) is -0.0467. The minimum atomic E-state index is -0.310. The normalized spacial score (nSPS) is 12.7. The van der Waals surface area contributed by atoms with E-state index in [1.807, 2.05) is 12.2 Å². The molecule has 1 atom stereocenters. The second-order valence-electron chi connectivity index (χ2n) is 3.26. The van der Waals surface area contributed by atoms with Crippen LogP contribution in [0.1, 0.15) is 26.2 Å². The second kappa shape index (κ2) is 9.46. The summed E-state index contributed by atoms with van der Waals surface area (Å²) in [4.78, 5) is 11.0. The molecule has 0 saturated heterocycles. The van der Waals surface area contributed by atoms with Crippen LogP contribution in [-0.2, 0) is 9.53 Å². The fourth-order valence-electron chi connectivity index (χ4n) is 1.27. The molecule has 0 aliphatic heterocycles. The van der Waals surface area contributed by atoms with Crippen LogP contribution in [-0.4, -0.2) is 24.3 Å². The van der Waals surface area contributed by atoms with Crippen molar-refractivity contribution in [2.24, 2.45) is 5.92 Å². The van der Waals surface area contributed by atoms with E-state index >= 15 is 0 Å². The van der Waals surface area contributed by atoms with Crippen LogP contribution in [0.2, 0.25) is 0 Å². The number of ether oxygens (including phenoxy) is 1. The van der Waals surface area contributed by atoms with Crippen LogP contribution in [0.25, 0.3) is 0 Å². The summed E-state index contributed by atoms with van der Waals surface area (Å²) >= 11 is 0. The van der Waals surface area contributed by atoms with Gasteiger partial charge >= 0.3 is 5.97 Å². The first-order valence-corrected chi connectivity index (χ1v) is 5.31. The molecule has 3 nitrogen and oxygen atoms in total. The third-order valence-corrected chi connectivity index (χ3v) is 1.99. The van der Waals surface area contributed by atoms with Gasteiger partial charge in [-0.2, -0.15) is 0 Å². The van der Waals surface area contributed by atoms with Gasteiger partial charge in [-0.1, -0.05) is 12.2 Å². The summed E-state index contributed by atoms with van der Waals surface area (Å²) in [6.07, 6.45) is 7.52. The predicted molar refractivity (Wildman–Crippen MR) is 60.4 cm³/mol. The minimum Gasteiger partial charge on any atom is -0.463 e. The zero-order valence-electron chi connectivity index (χ0n) is 9.32. The van der Waals surface area contributed by atoms with Crippen LogP contribution in [0.5, 0.6) is 0 Å². The largest absolute Gasteiger partial charge is 0.463 e. The van der Waals surface area contributed by atoms with Crippen molar-refractivity contribution in [3.8, 4) is 0 Å². The Balaban J connectivity index is 4.01. The highest BCUT2D eigenvalue weighted by Crippen LogP contribution is 2.13. The molecule has 0 bridgehead atoms. The number of esters is 1. The average molecular weight is 212 g/mol. The lowest BCUT2D eigenvalue weighted by Crippen LogP contribution is -2.02. The number of carbonyl (C=O) groups excluding carboxylic acids is 1. The van der Waals surface area contributed by atoms with Crippen LogP contribution in [0.4, 0.5) is 0 Å². The van der Waals surface area contributed by atoms with Crippen molar-refractivity contribution in [2.45, 2.75) is 26.2 Å². The molecule has 0 radical (unpaired) electrons. The number of hydrogen-bond acceptors (Lipinski definition) is 3. The second-order valence-corrected chi connectivity index (χ2v) is 3.26. The SMILES string of the molecule is C=CCC(/C=C/C(=O)OCC)CCCO. The van der Waals surface area contributed by atoms with Crippen molar-refractivity contribution in [3.63, 3.8) is 0 Å². The van der Waals surface area contributed by atoms with Gasteiger partial charge in [0.15, 0.2) is 0 Å². The van der Waals surface area contributed by atoms with E-state index in [0.29, 0.717) is 6.61 Å². The molecule has 0 aliphatic carbocycles. The molecule has 0 aromatic heterocycles. The van der Waals surface area contributed by atoms with E-state index < -0.39 is 0 Å². The summed E-state index contributed by atoms with van der Waals surface area (Å²) in [7, 11) is 0. The maximum absolute atomic E-state index is 11.0. The molecule has 0 saturated carbocycles. The molecule has 0 aromatic rings. The Labute approximate surface area is 91.4 Å². The summed E-state index contributed by atoms with van der Waals surface area (Å²) in [6.45, 7) is 6.01. The smallest absolute Gasteiger partial charge is 0.330 e. The highest BCUT2D eigenvalue weighted by atomic mass is 16.5. The first-order valence-electron chi connectivity index (χ1n) is 5.31. The van der Waals surface area contributed by atoms with Gasteiger partial charge in [-0.25, -0.2) is 4.79 Å². The van der Waals surface area contributed by atoms with Gasteiger partial charge in [0.25, 0.3) is 0 Å². The predicted octanol–water partition coefficient (Wildman–Crippen LogP) is 2.07. The number of rotatable bonds is 8. The minimum absolute atomic E-state index is 0.181. The van der Waals surface area contributed by atoms with Gasteiger partial charge in [0.2, 0.25) is 0 Å². The molecule has 1 N–H and O–H groups in total. The summed E-state index contributed by atoms with van der Waals surface area (Å²) < 4.78 is 4.77. The van der Waals surface area contributed by atoms with Crippen molar-refractivity contribution in [1.29, 1.82) is 0 Å². The fraction of sp³-hybridized carbons (Fsp3) is 0.583. The lowest BCUT2D eigenvalue weighted by Gasteiger charge is -2.08. The Morgan fingerprint density at radius 3 is 2.87 bits per heavy atom.